The molecule has 1 aliphatic carbocycles. The molecule has 4 aromatic rings. The number of nitrogens with zero attached hydrogens (tertiary/aromatic N) is 5. The third kappa shape index (κ3) is 5.68. The molecule has 12 heteroatoms. The number of anilines is 2. The number of aromatic nitrogens is 2. The third-order valence-corrected chi connectivity index (χ3v) is 11.5. The van der Waals surface area contributed by atoms with Gasteiger partial charge in [-0.15, -0.1) is 0 Å². The normalized spacial score (nSPS) is 22.8. The first kappa shape index (κ1) is 33.0. The maximum Gasteiger partial charge on any atom is 0.220 e. The molecule has 2 fully saturated rings. The number of benzene rings is 2. The van der Waals surface area contributed by atoms with Crippen LogP contribution in [0.15, 0.2) is 53.6 Å². The van der Waals surface area contributed by atoms with E-state index in [-0.39, 0.29) is 17.5 Å². The highest BCUT2D eigenvalue weighted by Crippen LogP contribution is 2.47. The minimum atomic E-state index is -0.961. The Morgan fingerprint density at radius 2 is 1.80 bits per heavy atom. The molecule has 1 amide bonds. The Labute approximate surface area is 301 Å². The van der Waals surface area contributed by atoms with Crippen LogP contribution in [0.1, 0.15) is 72.3 Å². The summed E-state index contributed by atoms with van der Waals surface area (Å²) in [5.41, 5.74) is 8.09. The lowest BCUT2D eigenvalue weighted by Gasteiger charge is -2.35. The van der Waals surface area contributed by atoms with E-state index in [2.05, 4.69) is 26.7 Å². The number of aliphatic hydroxyl groups excluding tert-OH is 1. The second-order valence-corrected chi connectivity index (χ2v) is 14.6. The molecular weight excluding hydrogens is 673 g/mol. The van der Waals surface area contributed by atoms with Crippen LogP contribution in [-0.2, 0) is 11.2 Å². The number of carbonyl (C=O) groups is 1. The van der Waals surface area contributed by atoms with Crippen molar-refractivity contribution in [2.45, 2.75) is 63.3 Å². The number of aryl methyl sites for hydroxylation is 2. The molecule has 10 nitrogen and oxygen atoms in total. The number of rotatable bonds is 6. The number of halogens is 2. The molecule has 2 aromatic heterocycles. The number of piperidine rings is 1. The summed E-state index contributed by atoms with van der Waals surface area (Å²) in [7, 11) is 3.39. The SMILES string of the molecule is COc1nc(-c2cccc(-c3cccc(Nc4nc(C)cc5c4C(O)N(C)N=C5)c3Cl)c2Cl)cc2c1[C@H](N1CC[C@@]3(CCCC(=O)N3)C1)CC2. The van der Waals surface area contributed by atoms with Gasteiger partial charge in [-0.3, -0.25) is 14.7 Å². The Morgan fingerprint density at radius 3 is 2.60 bits per heavy atom. The first-order chi connectivity index (χ1) is 24.1. The fraction of sp³-hybridized carbons (Fsp3) is 0.368. The van der Waals surface area contributed by atoms with Crippen molar-refractivity contribution in [2.75, 3.05) is 32.6 Å². The summed E-state index contributed by atoms with van der Waals surface area (Å²) in [6.07, 6.45) is 6.21. The Balaban J connectivity index is 1.11. The lowest BCUT2D eigenvalue weighted by Crippen LogP contribution is -2.53. The summed E-state index contributed by atoms with van der Waals surface area (Å²) in [5.74, 6) is 1.29. The average Bonchev–Trinajstić information content (AvgIpc) is 3.71. The molecule has 2 saturated heterocycles. The van der Waals surface area contributed by atoms with Crippen LogP contribution in [0, 0.1) is 6.92 Å². The van der Waals surface area contributed by atoms with Gasteiger partial charge in [0, 0.05) is 66.1 Å². The molecule has 1 spiro atoms. The monoisotopic (exact) mass is 711 g/mol. The number of fused-ring (bicyclic) bond motifs is 2. The van der Waals surface area contributed by atoms with Gasteiger partial charge in [0.05, 0.1) is 45.9 Å². The largest absolute Gasteiger partial charge is 0.481 e. The van der Waals surface area contributed by atoms with Crippen molar-refractivity contribution in [3.8, 4) is 28.3 Å². The summed E-state index contributed by atoms with van der Waals surface area (Å²) in [6, 6.07) is 15.8. The zero-order valence-corrected chi connectivity index (χ0v) is 29.8. The molecule has 2 aromatic carbocycles. The number of aliphatic hydroxyl groups is 1. The van der Waals surface area contributed by atoms with Crippen molar-refractivity contribution >= 4 is 46.8 Å². The van der Waals surface area contributed by atoms with Crippen molar-refractivity contribution in [1.82, 2.24) is 25.2 Å². The fourth-order valence-corrected chi connectivity index (χ4v) is 8.81. The second kappa shape index (κ2) is 12.8. The smallest absolute Gasteiger partial charge is 0.220 e. The van der Waals surface area contributed by atoms with E-state index >= 15 is 0 Å². The van der Waals surface area contributed by atoms with Crippen molar-refractivity contribution in [1.29, 1.82) is 0 Å². The zero-order valence-electron chi connectivity index (χ0n) is 28.3. The van der Waals surface area contributed by atoms with Crippen LogP contribution < -0.4 is 15.4 Å². The topological polar surface area (TPSA) is 115 Å². The van der Waals surface area contributed by atoms with E-state index in [0.29, 0.717) is 39.4 Å². The Morgan fingerprint density at radius 1 is 1.02 bits per heavy atom. The molecule has 3 atom stereocenters. The number of carbonyl (C=O) groups excluding carboxylic acids is 1. The van der Waals surface area contributed by atoms with Gasteiger partial charge < -0.3 is 20.5 Å². The Kier molecular flexibility index (Phi) is 8.46. The van der Waals surface area contributed by atoms with Crippen LogP contribution >= 0.6 is 23.2 Å². The molecule has 4 aliphatic rings. The van der Waals surface area contributed by atoms with Gasteiger partial charge >= 0.3 is 0 Å². The van der Waals surface area contributed by atoms with Crippen molar-refractivity contribution in [3.05, 3.63) is 86.5 Å². The van der Waals surface area contributed by atoms with E-state index < -0.39 is 6.23 Å². The van der Waals surface area contributed by atoms with Crippen LogP contribution in [-0.4, -0.2) is 69.9 Å². The second-order valence-electron chi connectivity index (χ2n) is 13.8. The van der Waals surface area contributed by atoms with Crippen LogP contribution in [0.4, 0.5) is 11.5 Å². The predicted molar refractivity (Wildman–Crippen MR) is 196 cm³/mol. The highest BCUT2D eigenvalue weighted by Gasteiger charge is 2.45. The maximum absolute atomic E-state index is 12.3. The summed E-state index contributed by atoms with van der Waals surface area (Å²) < 4.78 is 5.96. The molecule has 3 N–H and O–H groups in total. The van der Waals surface area contributed by atoms with Gasteiger partial charge in [0.25, 0.3) is 0 Å². The van der Waals surface area contributed by atoms with Crippen LogP contribution in [0.5, 0.6) is 5.88 Å². The van der Waals surface area contributed by atoms with E-state index in [4.69, 9.17) is 37.9 Å². The van der Waals surface area contributed by atoms with Crippen molar-refractivity contribution in [2.24, 2.45) is 5.10 Å². The van der Waals surface area contributed by atoms with Gasteiger partial charge in [0.1, 0.15) is 5.82 Å². The summed E-state index contributed by atoms with van der Waals surface area (Å²) in [4.78, 5) is 24.5. The molecule has 0 saturated carbocycles. The molecule has 0 bridgehead atoms. The van der Waals surface area contributed by atoms with Gasteiger partial charge in [-0.25, -0.2) is 9.97 Å². The van der Waals surface area contributed by atoms with Crippen LogP contribution in [0.3, 0.4) is 0 Å². The fourth-order valence-electron chi connectivity index (χ4n) is 8.21. The van der Waals surface area contributed by atoms with Gasteiger partial charge in [0.15, 0.2) is 6.23 Å². The number of methoxy groups -OCH3 is 1. The average molecular weight is 713 g/mol. The maximum atomic E-state index is 12.3. The Bertz CT molecular complexity index is 2060. The lowest BCUT2D eigenvalue weighted by atomic mass is 9.88. The summed E-state index contributed by atoms with van der Waals surface area (Å²) in [5, 5.41) is 24.4. The van der Waals surface area contributed by atoms with E-state index in [1.165, 1.54) is 10.6 Å². The molecule has 258 valence electrons. The van der Waals surface area contributed by atoms with E-state index in [1.54, 1.807) is 20.4 Å². The number of likely N-dealkylation sites (tertiary alicyclic amines) is 1. The minimum absolute atomic E-state index is 0.122. The highest BCUT2D eigenvalue weighted by molar-refractivity contribution is 6.39. The number of hydrogen-bond acceptors (Lipinski definition) is 9. The van der Waals surface area contributed by atoms with Crippen LogP contribution in [0.2, 0.25) is 10.0 Å². The molecule has 50 heavy (non-hydrogen) atoms. The molecular formula is C38H39Cl2N7O3. The van der Waals surface area contributed by atoms with Gasteiger partial charge in [0.2, 0.25) is 11.8 Å². The summed E-state index contributed by atoms with van der Waals surface area (Å²) >= 11 is 14.3. The number of hydrazone groups is 1. The standard InChI is InChI=1S/C38H39Cl2N7O3/c1-21-17-23-19-41-46(2)37(49)32(23)35(42-21)43-27-10-5-8-25(34(27)40)24-7-4-9-26(33(24)39)28-18-22-12-13-29(31(22)36(44-28)50-3)47-16-15-38(20-47)14-6-11-30(48)45-38/h4-5,7-10,17-19,29,37,49H,6,11-16,20H2,1-3H3,(H,42,43)(H,45,48)/t29-,37?,38+/m1/s1. The number of ether oxygens (including phenoxy) is 1. The third-order valence-electron chi connectivity index (χ3n) is 10.6. The number of hydrogen-bond donors (Lipinski definition) is 3. The molecule has 1 unspecified atom stereocenters. The molecule has 5 heterocycles. The number of pyridine rings is 2. The lowest BCUT2D eigenvalue weighted by molar-refractivity contribution is -0.125. The minimum Gasteiger partial charge on any atom is -0.481 e. The highest BCUT2D eigenvalue weighted by atomic mass is 35.5. The van der Waals surface area contributed by atoms with Gasteiger partial charge in [-0.2, -0.15) is 5.10 Å². The number of nitrogens with one attached hydrogen (secondary N) is 2. The first-order valence-corrected chi connectivity index (χ1v) is 17.8. The van der Waals surface area contributed by atoms with E-state index in [9.17, 15) is 9.90 Å². The molecule has 0 radical (unpaired) electrons. The van der Waals surface area contributed by atoms with Crippen molar-refractivity contribution in [3.63, 3.8) is 0 Å². The van der Waals surface area contributed by atoms with Gasteiger partial charge in [-0.05, 0) is 62.8 Å². The van der Waals surface area contributed by atoms with E-state index in [1.807, 2.05) is 49.4 Å². The van der Waals surface area contributed by atoms with Crippen molar-refractivity contribution < 1.29 is 14.6 Å². The quantitative estimate of drug-likeness (QED) is 0.193. The first-order valence-electron chi connectivity index (χ1n) is 17.1. The molecule has 3 aliphatic heterocycles. The van der Waals surface area contributed by atoms with Crippen LogP contribution in [0.25, 0.3) is 22.4 Å². The number of amides is 1. The molecule has 8 rings (SSSR count). The summed E-state index contributed by atoms with van der Waals surface area (Å²) in [6.45, 7) is 3.69. The van der Waals surface area contributed by atoms with E-state index in [0.717, 1.165) is 84.4 Å². The predicted octanol–water partition coefficient (Wildman–Crippen LogP) is 7.18. The Hall–Kier alpha value is -4.22. The zero-order chi connectivity index (χ0) is 34.7. The van der Waals surface area contributed by atoms with Gasteiger partial charge in [-0.1, -0.05) is 53.5 Å².